The van der Waals surface area contributed by atoms with Crippen molar-refractivity contribution in [1.82, 2.24) is 21.1 Å². The minimum Gasteiger partial charge on any atom is -0.360 e. The van der Waals surface area contributed by atoms with E-state index in [1.54, 1.807) is 25.4 Å². The molecule has 186 valence electrons. The van der Waals surface area contributed by atoms with Crippen molar-refractivity contribution in [3.63, 3.8) is 0 Å². The predicted octanol–water partition coefficient (Wildman–Crippen LogP) is 3.79. The highest BCUT2D eigenvalue weighted by Crippen LogP contribution is 2.40. The van der Waals surface area contributed by atoms with Crippen molar-refractivity contribution in [2.75, 3.05) is 26.7 Å². The minimum absolute atomic E-state index is 0.153. The van der Waals surface area contributed by atoms with Gasteiger partial charge >= 0.3 is 0 Å². The van der Waals surface area contributed by atoms with Crippen LogP contribution in [0.5, 0.6) is 0 Å². The lowest BCUT2D eigenvalue weighted by molar-refractivity contribution is 0.0904. The maximum absolute atomic E-state index is 13.1. The van der Waals surface area contributed by atoms with Crippen LogP contribution in [0, 0.1) is 5.92 Å². The zero-order valence-corrected chi connectivity index (χ0v) is 20.5. The molecule has 2 aliphatic rings. The van der Waals surface area contributed by atoms with Gasteiger partial charge in [-0.3, -0.25) is 14.6 Å². The van der Waals surface area contributed by atoms with E-state index in [0.29, 0.717) is 23.7 Å². The summed E-state index contributed by atoms with van der Waals surface area (Å²) < 4.78 is 5.39. The zero-order valence-electron chi connectivity index (χ0n) is 20.5. The molecule has 1 saturated carbocycles. The van der Waals surface area contributed by atoms with E-state index in [2.05, 4.69) is 33.0 Å². The summed E-state index contributed by atoms with van der Waals surface area (Å²) in [7, 11) is 1.72. The molecular formula is C27H35N5O3. The van der Waals surface area contributed by atoms with E-state index in [-0.39, 0.29) is 23.8 Å². The van der Waals surface area contributed by atoms with Crippen LogP contribution >= 0.6 is 0 Å². The fourth-order valence-corrected chi connectivity index (χ4v) is 4.58. The first kappa shape index (κ1) is 24.9. The van der Waals surface area contributed by atoms with Crippen LogP contribution in [-0.4, -0.2) is 49.9 Å². The molecule has 2 fully saturated rings. The Morgan fingerprint density at radius 1 is 1.20 bits per heavy atom. The van der Waals surface area contributed by atoms with Gasteiger partial charge in [0.1, 0.15) is 5.76 Å². The number of hydrogen-bond acceptors (Lipinski definition) is 6. The Balaban J connectivity index is 1.50. The molecule has 1 unspecified atom stereocenters. The van der Waals surface area contributed by atoms with Gasteiger partial charge in [-0.15, -0.1) is 0 Å². The monoisotopic (exact) mass is 477 g/mol. The number of carbonyl (C=O) groups is 2. The van der Waals surface area contributed by atoms with Gasteiger partial charge in [-0.2, -0.15) is 0 Å². The highest BCUT2D eigenvalue weighted by molar-refractivity contribution is 5.95. The molecule has 2 heterocycles. The van der Waals surface area contributed by atoms with Crippen molar-refractivity contribution < 1.29 is 14.1 Å². The molecule has 1 aromatic carbocycles. The molecule has 0 radical (unpaired) electrons. The SMILES string of the molecule is CC/C=C(\C=NC)CNC(=O)c1cccc(C(NC(=O)c2cc(C3CC3)on2)C2CCNCC2)c1. The van der Waals surface area contributed by atoms with E-state index < -0.39 is 0 Å². The summed E-state index contributed by atoms with van der Waals surface area (Å²) in [5, 5.41) is 13.6. The number of aromatic nitrogens is 1. The summed E-state index contributed by atoms with van der Waals surface area (Å²) in [5.41, 5.74) is 2.77. The Kier molecular flexibility index (Phi) is 8.47. The summed E-state index contributed by atoms with van der Waals surface area (Å²) in [5.74, 6) is 1.05. The first-order valence-electron chi connectivity index (χ1n) is 12.6. The molecular weight excluding hydrogens is 442 g/mol. The van der Waals surface area contributed by atoms with Gasteiger partial charge in [-0.05, 0) is 74.4 Å². The van der Waals surface area contributed by atoms with Crippen molar-refractivity contribution in [3.05, 3.63) is 64.6 Å². The Morgan fingerprint density at radius 2 is 2.00 bits per heavy atom. The Bertz CT molecular complexity index is 1080. The summed E-state index contributed by atoms with van der Waals surface area (Å²) in [4.78, 5) is 30.1. The largest absolute Gasteiger partial charge is 0.360 e. The van der Waals surface area contributed by atoms with E-state index >= 15 is 0 Å². The first-order chi connectivity index (χ1) is 17.1. The molecule has 1 aliphatic carbocycles. The van der Waals surface area contributed by atoms with Gasteiger partial charge in [-0.25, -0.2) is 0 Å². The number of amides is 2. The van der Waals surface area contributed by atoms with E-state index in [1.807, 2.05) is 24.3 Å². The van der Waals surface area contributed by atoms with Crippen LogP contribution < -0.4 is 16.0 Å². The average molecular weight is 478 g/mol. The smallest absolute Gasteiger partial charge is 0.273 e. The summed E-state index contributed by atoms with van der Waals surface area (Å²) in [6, 6.07) is 9.09. The fourth-order valence-electron chi connectivity index (χ4n) is 4.58. The maximum atomic E-state index is 13.1. The zero-order chi connectivity index (χ0) is 24.6. The number of hydrogen-bond donors (Lipinski definition) is 3. The molecule has 2 amide bonds. The number of carbonyl (C=O) groups excluding carboxylic acids is 2. The molecule has 2 aromatic rings. The number of nitrogens with zero attached hydrogens (tertiary/aromatic N) is 2. The van der Waals surface area contributed by atoms with Gasteiger partial charge in [-0.1, -0.05) is 30.3 Å². The lowest BCUT2D eigenvalue weighted by atomic mass is 9.85. The lowest BCUT2D eigenvalue weighted by Crippen LogP contribution is -2.39. The van der Waals surface area contributed by atoms with Crippen LogP contribution in [0.15, 0.2) is 51.5 Å². The topological polar surface area (TPSA) is 109 Å². The first-order valence-corrected chi connectivity index (χ1v) is 12.6. The Labute approximate surface area is 206 Å². The number of aliphatic imine (C=N–C) groups is 1. The molecule has 8 heteroatoms. The molecule has 4 rings (SSSR count). The third-order valence-corrected chi connectivity index (χ3v) is 6.60. The second kappa shape index (κ2) is 11.9. The molecule has 1 atom stereocenters. The van der Waals surface area contributed by atoms with Crippen LogP contribution in [0.1, 0.15) is 83.2 Å². The van der Waals surface area contributed by atoms with Crippen molar-refractivity contribution in [3.8, 4) is 0 Å². The van der Waals surface area contributed by atoms with Gasteiger partial charge in [0.05, 0.1) is 6.04 Å². The van der Waals surface area contributed by atoms with E-state index in [0.717, 1.165) is 62.1 Å². The Morgan fingerprint density at radius 3 is 2.71 bits per heavy atom. The Hall–Kier alpha value is -3.26. The number of nitrogens with one attached hydrogen (secondary N) is 3. The standard InChI is InChI=1S/C27H35N5O3/c1-3-5-18(16-28-2)17-30-26(33)22-7-4-6-21(14-22)25(20-10-12-29-13-11-20)31-27(34)23-15-24(35-32-23)19-8-9-19/h4-7,14-16,19-20,25,29H,3,8-13,17H2,1-2H3,(H,30,33)(H,31,34)/b18-5+,28-16?. The number of benzene rings is 1. The van der Waals surface area contributed by atoms with E-state index in [1.165, 1.54) is 0 Å². The van der Waals surface area contributed by atoms with Crippen molar-refractivity contribution in [2.45, 2.75) is 51.0 Å². The van der Waals surface area contributed by atoms with Crippen LogP contribution in [-0.2, 0) is 0 Å². The predicted molar refractivity (Wildman–Crippen MR) is 136 cm³/mol. The van der Waals surface area contributed by atoms with Crippen molar-refractivity contribution >= 4 is 18.0 Å². The van der Waals surface area contributed by atoms with Crippen molar-refractivity contribution in [1.29, 1.82) is 0 Å². The molecule has 0 spiro atoms. The van der Waals surface area contributed by atoms with Crippen molar-refractivity contribution in [2.24, 2.45) is 10.9 Å². The lowest BCUT2D eigenvalue weighted by Gasteiger charge is -2.31. The fraction of sp³-hybridized carbons (Fsp3) is 0.481. The number of rotatable bonds is 10. The second-order valence-corrected chi connectivity index (χ2v) is 9.31. The molecule has 1 aromatic heterocycles. The average Bonchev–Trinajstić information content (AvgIpc) is 3.62. The third kappa shape index (κ3) is 6.66. The molecule has 8 nitrogen and oxygen atoms in total. The molecule has 0 bridgehead atoms. The van der Waals surface area contributed by atoms with Gasteiger partial charge in [0, 0.05) is 37.4 Å². The van der Waals surface area contributed by atoms with E-state index in [9.17, 15) is 9.59 Å². The van der Waals surface area contributed by atoms with Crippen LogP contribution in [0.4, 0.5) is 0 Å². The maximum Gasteiger partial charge on any atom is 0.273 e. The normalized spacial score (nSPS) is 17.9. The second-order valence-electron chi connectivity index (χ2n) is 9.31. The summed E-state index contributed by atoms with van der Waals surface area (Å²) in [6.45, 7) is 4.27. The van der Waals surface area contributed by atoms with Crippen LogP contribution in [0.3, 0.4) is 0 Å². The number of allylic oxidation sites excluding steroid dienone is 1. The summed E-state index contributed by atoms with van der Waals surface area (Å²) in [6.07, 6.45) is 8.74. The van der Waals surface area contributed by atoms with Crippen LogP contribution in [0.2, 0.25) is 0 Å². The van der Waals surface area contributed by atoms with Gasteiger partial charge in [0.25, 0.3) is 11.8 Å². The molecule has 1 aliphatic heterocycles. The third-order valence-electron chi connectivity index (χ3n) is 6.60. The number of piperidine rings is 1. The van der Waals surface area contributed by atoms with Gasteiger partial charge in [0.2, 0.25) is 0 Å². The van der Waals surface area contributed by atoms with Crippen LogP contribution in [0.25, 0.3) is 0 Å². The minimum atomic E-state index is -0.243. The molecule has 35 heavy (non-hydrogen) atoms. The highest BCUT2D eigenvalue weighted by Gasteiger charge is 2.31. The van der Waals surface area contributed by atoms with E-state index in [4.69, 9.17) is 4.52 Å². The molecule has 3 N–H and O–H groups in total. The molecule has 1 saturated heterocycles. The van der Waals surface area contributed by atoms with Gasteiger partial charge < -0.3 is 20.5 Å². The quantitative estimate of drug-likeness (QED) is 0.451. The van der Waals surface area contributed by atoms with Gasteiger partial charge in [0.15, 0.2) is 5.69 Å². The highest BCUT2D eigenvalue weighted by atomic mass is 16.5. The summed E-state index contributed by atoms with van der Waals surface area (Å²) >= 11 is 0.